The maximum atomic E-state index is 13.4. The van der Waals surface area contributed by atoms with Crippen molar-refractivity contribution >= 4 is 16.8 Å². The fraction of sp³-hybridized carbons (Fsp3) is 0.348. The Morgan fingerprint density at radius 1 is 0.933 bits per heavy atom. The van der Waals surface area contributed by atoms with E-state index < -0.39 is 0 Å². The lowest BCUT2D eigenvalue weighted by Gasteiger charge is -2.15. The molecule has 0 saturated heterocycles. The average Bonchev–Trinajstić information content (AvgIpc) is 2.76. The van der Waals surface area contributed by atoms with E-state index in [1.807, 2.05) is 24.3 Å². The molecule has 2 aromatic carbocycles. The molecule has 0 unspecified atom stereocenters. The quantitative estimate of drug-likeness (QED) is 0.486. The van der Waals surface area contributed by atoms with Gasteiger partial charge in [0.05, 0.1) is 39.0 Å². The van der Waals surface area contributed by atoms with Gasteiger partial charge in [-0.15, -0.1) is 0 Å². The van der Waals surface area contributed by atoms with Gasteiger partial charge in [0.2, 0.25) is 17.4 Å². The minimum absolute atomic E-state index is 0.145. The maximum Gasteiger partial charge on any atom is 0.244 e. The van der Waals surface area contributed by atoms with Crippen LogP contribution in [0.25, 0.3) is 11.0 Å². The normalized spacial score (nSPS) is 10.9. The smallest absolute Gasteiger partial charge is 0.244 e. The summed E-state index contributed by atoms with van der Waals surface area (Å²) in [7, 11) is 4.51. The highest BCUT2D eigenvalue weighted by molar-refractivity contribution is 6.10. The SMILES string of the molecule is COc1cc(C(=O)c2nc3ccccc3nc2OCCC(C)C)cc(OC)c1OC. The third-order valence-electron chi connectivity index (χ3n) is 4.61. The zero-order valence-electron chi connectivity index (χ0n) is 17.9. The lowest BCUT2D eigenvalue weighted by molar-refractivity contribution is 0.102. The second-order valence-electron chi connectivity index (χ2n) is 7.14. The van der Waals surface area contributed by atoms with E-state index in [2.05, 4.69) is 23.8 Å². The van der Waals surface area contributed by atoms with Crippen LogP contribution in [0.5, 0.6) is 23.1 Å². The van der Waals surface area contributed by atoms with Crippen LogP contribution in [0.1, 0.15) is 36.3 Å². The predicted octanol–water partition coefficient (Wildman–Crippen LogP) is 4.31. The zero-order valence-corrected chi connectivity index (χ0v) is 17.9. The van der Waals surface area contributed by atoms with Crippen molar-refractivity contribution in [2.75, 3.05) is 27.9 Å². The number of hydrogen-bond acceptors (Lipinski definition) is 7. The number of methoxy groups -OCH3 is 3. The lowest BCUT2D eigenvalue weighted by Crippen LogP contribution is -2.12. The van der Waals surface area contributed by atoms with Crippen molar-refractivity contribution in [2.24, 2.45) is 5.92 Å². The first kappa shape index (κ1) is 21.4. The monoisotopic (exact) mass is 410 g/mol. The second kappa shape index (κ2) is 9.43. The van der Waals surface area contributed by atoms with Gasteiger partial charge in [0.25, 0.3) is 0 Å². The number of carbonyl (C=O) groups excluding carboxylic acids is 1. The summed E-state index contributed by atoms with van der Waals surface area (Å²) in [6.07, 6.45) is 0.840. The third-order valence-corrected chi connectivity index (χ3v) is 4.61. The summed E-state index contributed by atoms with van der Waals surface area (Å²) in [6, 6.07) is 10.6. The van der Waals surface area contributed by atoms with E-state index in [0.717, 1.165) is 6.42 Å². The Balaban J connectivity index is 2.09. The Bertz CT molecular complexity index is 1020. The van der Waals surface area contributed by atoms with Crippen LogP contribution < -0.4 is 18.9 Å². The Morgan fingerprint density at radius 2 is 1.53 bits per heavy atom. The van der Waals surface area contributed by atoms with Crippen LogP contribution in [0, 0.1) is 5.92 Å². The molecule has 0 aliphatic carbocycles. The van der Waals surface area contributed by atoms with Crippen LogP contribution in [-0.4, -0.2) is 43.7 Å². The van der Waals surface area contributed by atoms with Crippen molar-refractivity contribution in [1.29, 1.82) is 0 Å². The van der Waals surface area contributed by atoms with E-state index in [0.29, 0.717) is 46.4 Å². The highest BCUT2D eigenvalue weighted by Gasteiger charge is 2.23. The molecular formula is C23H26N2O5. The standard InChI is InChI=1S/C23H26N2O5/c1-14(2)10-11-30-23-20(24-16-8-6-7-9-17(16)25-23)21(26)15-12-18(27-3)22(29-5)19(13-15)28-4/h6-9,12-14H,10-11H2,1-5H3. The van der Waals surface area contributed by atoms with Gasteiger partial charge in [0.15, 0.2) is 17.2 Å². The van der Waals surface area contributed by atoms with E-state index in [9.17, 15) is 4.79 Å². The van der Waals surface area contributed by atoms with Gasteiger partial charge in [-0.2, -0.15) is 0 Å². The third kappa shape index (κ3) is 4.45. The molecule has 0 amide bonds. The van der Waals surface area contributed by atoms with Gasteiger partial charge in [-0.1, -0.05) is 26.0 Å². The molecule has 30 heavy (non-hydrogen) atoms. The van der Waals surface area contributed by atoms with Crippen molar-refractivity contribution in [2.45, 2.75) is 20.3 Å². The highest BCUT2D eigenvalue weighted by Crippen LogP contribution is 2.39. The molecule has 0 fully saturated rings. The molecule has 0 radical (unpaired) electrons. The molecule has 0 aliphatic heterocycles. The summed E-state index contributed by atoms with van der Waals surface area (Å²) in [5, 5.41) is 0. The number of nitrogens with zero attached hydrogens (tertiary/aromatic N) is 2. The molecule has 1 aromatic heterocycles. The van der Waals surface area contributed by atoms with E-state index >= 15 is 0 Å². The minimum Gasteiger partial charge on any atom is -0.493 e. The minimum atomic E-state index is -0.341. The molecular weight excluding hydrogens is 384 g/mol. The summed E-state index contributed by atoms with van der Waals surface area (Å²) in [4.78, 5) is 22.5. The van der Waals surface area contributed by atoms with Crippen molar-refractivity contribution in [3.63, 3.8) is 0 Å². The first-order chi connectivity index (χ1) is 14.5. The predicted molar refractivity (Wildman–Crippen MR) is 114 cm³/mol. The van der Waals surface area contributed by atoms with Gasteiger partial charge in [-0.05, 0) is 36.6 Å². The molecule has 0 N–H and O–H groups in total. The fourth-order valence-corrected chi connectivity index (χ4v) is 2.97. The highest BCUT2D eigenvalue weighted by atomic mass is 16.5. The summed E-state index contributed by atoms with van der Waals surface area (Å²) in [6.45, 7) is 4.66. The number of benzene rings is 2. The average molecular weight is 410 g/mol. The lowest BCUT2D eigenvalue weighted by atomic mass is 10.1. The van der Waals surface area contributed by atoms with Gasteiger partial charge >= 0.3 is 0 Å². The van der Waals surface area contributed by atoms with Crippen LogP contribution in [0.2, 0.25) is 0 Å². The molecule has 0 aliphatic rings. The van der Waals surface area contributed by atoms with Gasteiger partial charge in [0, 0.05) is 5.56 Å². The van der Waals surface area contributed by atoms with Gasteiger partial charge in [-0.3, -0.25) is 4.79 Å². The second-order valence-corrected chi connectivity index (χ2v) is 7.14. The Kier molecular flexibility index (Phi) is 6.72. The zero-order chi connectivity index (χ0) is 21.7. The molecule has 1 heterocycles. The van der Waals surface area contributed by atoms with E-state index in [4.69, 9.17) is 18.9 Å². The molecule has 0 atom stereocenters. The van der Waals surface area contributed by atoms with E-state index in [1.54, 1.807) is 12.1 Å². The summed E-state index contributed by atoms with van der Waals surface area (Å²) in [5.41, 5.74) is 1.76. The Labute approximate surface area is 176 Å². The topological polar surface area (TPSA) is 79.8 Å². The number of rotatable bonds is 9. The molecule has 7 nitrogen and oxygen atoms in total. The van der Waals surface area contributed by atoms with Crippen LogP contribution >= 0.6 is 0 Å². The molecule has 7 heteroatoms. The molecule has 3 aromatic rings. The number of para-hydroxylation sites is 2. The Hall–Kier alpha value is -3.35. The molecule has 158 valence electrons. The first-order valence-corrected chi connectivity index (χ1v) is 9.72. The van der Waals surface area contributed by atoms with Crippen molar-refractivity contribution in [1.82, 2.24) is 9.97 Å². The summed E-state index contributed by atoms with van der Waals surface area (Å²) >= 11 is 0. The maximum absolute atomic E-state index is 13.4. The molecule has 3 rings (SSSR count). The Morgan fingerprint density at radius 3 is 2.07 bits per heavy atom. The molecule has 0 saturated carbocycles. The van der Waals surface area contributed by atoms with Gasteiger partial charge in [-0.25, -0.2) is 9.97 Å². The molecule has 0 spiro atoms. The number of aromatic nitrogens is 2. The van der Waals surface area contributed by atoms with Crippen molar-refractivity contribution in [3.05, 3.63) is 47.7 Å². The van der Waals surface area contributed by atoms with Crippen LogP contribution in [0.15, 0.2) is 36.4 Å². The van der Waals surface area contributed by atoms with Gasteiger partial charge < -0.3 is 18.9 Å². The van der Waals surface area contributed by atoms with Gasteiger partial charge in [0.1, 0.15) is 0 Å². The first-order valence-electron chi connectivity index (χ1n) is 9.72. The number of fused-ring (bicyclic) bond motifs is 1. The number of carbonyl (C=O) groups is 1. The van der Waals surface area contributed by atoms with Crippen molar-refractivity contribution in [3.8, 4) is 23.1 Å². The summed E-state index contributed by atoms with van der Waals surface area (Å²) < 4.78 is 22.0. The van der Waals surface area contributed by atoms with E-state index in [1.165, 1.54) is 21.3 Å². The number of ketones is 1. The van der Waals surface area contributed by atoms with Crippen molar-refractivity contribution < 1.29 is 23.7 Å². The van der Waals surface area contributed by atoms with E-state index in [-0.39, 0.29) is 17.4 Å². The number of ether oxygens (including phenoxy) is 4. The summed E-state index contributed by atoms with van der Waals surface area (Å²) in [5.74, 6) is 1.52. The largest absolute Gasteiger partial charge is 0.493 e. The van der Waals surface area contributed by atoms with Crippen LogP contribution in [0.4, 0.5) is 0 Å². The fourth-order valence-electron chi connectivity index (χ4n) is 2.97. The number of hydrogen-bond donors (Lipinski definition) is 0. The van der Waals surface area contributed by atoms with Crippen LogP contribution in [-0.2, 0) is 0 Å². The molecule has 0 bridgehead atoms. The van der Waals surface area contributed by atoms with Crippen LogP contribution in [0.3, 0.4) is 0 Å².